The summed E-state index contributed by atoms with van der Waals surface area (Å²) in [5.41, 5.74) is -0.896. The zero-order valence-corrected chi connectivity index (χ0v) is 31.5. The van der Waals surface area contributed by atoms with E-state index in [9.17, 15) is 54.3 Å². The number of nitrogens with one attached hydrogen (secondary N) is 3. The van der Waals surface area contributed by atoms with E-state index in [1.165, 1.54) is 0 Å². The highest BCUT2D eigenvalue weighted by atomic mass is 16.7. The molecule has 0 aromatic heterocycles. The summed E-state index contributed by atoms with van der Waals surface area (Å²) in [5.74, 6) is -5.02. The number of carbonyl (C=O) groups is 6. The lowest BCUT2D eigenvalue weighted by Crippen LogP contribution is -2.66. The molecule has 3 rings (SSSR count). The SMILES string of the molecule is CCNC(=O)[C@@H](CCC(=O)NCCOC1OC2CC(C)(O)C2C(C)C1O)NC(=O)CN1CCN(CC(=O)O)CCN(CC(=O)O)CCN(CC(=O)O)CC1. The number of aliphatic carboxylic acids is 3. The highest BCUT2D eigenvalue weighted by Crippen LogP contribution is 2.50. The number of carboxylic acid groups (broad SMARTS) is 3. The number of carbonyl (C=O) groups excluding carboxylic acids is 3. The molecule has 2 saturated heterocycles. The lowest BCUT2D eigenvalue weighted by molar-refractivity contribution is -0.332. The third-order valence-electron chi connectivity index (χ3n) is 10.2. The van der Waals surface area contributed by atoms with E-state index < -0.39 is 59.7 Å². The van der Waals surface area contributed by atoms with Gasteiger partial charge in [0.25, 0.3) is 0 Å². The van der Waals surface area contributed by atoms with Gasteiger partial charge in [0.15, 0.2) is 6.29 Å². The largest absolute Gasteiger partial charge is 0.480 e. The van der Waals surface area contributed by atoms with Crippen molar-refractivity contribution in [1.82, 2.24) is 35.6 Å². The molecule has 20 nitrogen and oxygen atoms in total. The second-order valence-electron chi connectivity index (χ2n) is 14.5. The molecule has 8 N–H and O–H groups in total. The van der Waals surface area contributed by atoms with Crippen LogP contribution in [0.1, 0.15) is 40.0 Å². The van der Waals surface area contributed by atoms with Gasteiger partial charge in [-0.15, -0.1) is 0 Å². The van der Waals surface area contributed by atoms with E-state index in [1.54, 1.807) is 33.4 Å². The van der Waals surface area contributed by atoms with E-state index in [0.717, 1.165) is 0 Å². The minimum atomic E-state index is -1.07. The van der Waals surface area contributed by atoms with E-state index in [4.69, 9.17) is 9.47 Å². The summed E-state index contributed by atoms with van der Waals surface area (Å²) in [4.78, 5) is 80.1. The summed E-state index contributed by atoms with van der Waals surface area (Å²) in [6, 6.07) is -1.04. The van der Waals surface area contributed by atoms with Crippen molar-refractivity contribution in [1.29, 1.82) is 0 Å². The Labute approximate surface area is 315 Å². The van der Waals surface area contributed by atoms with Crippen LogP contribution >= 0.6 is 0 Å². The van der Waals surface area contributed by atoms with Crippen LogP contribution in [0, 0.1) is 11.8 Å². The maximum absolute atomic E-state index is 13.3. The van der Waals surface area contributed by atoms with Gasteiger partial charge in [-0.3, -0.25) is 48.4 Å². The Morgan fingerprint density at radius 1 is 0.796 bits per heavy atom. The van der Waals surface area contributed by atoms with Gasteiger partial charge in [0.2, 0.25) is 17.7 Å². The molecule has 7 atom stereocenters. The summed E-state index contributed by atoms with van der Waals surface area (Å²) in [7, 11) is 0. The molecule has 0 radical (unpaired) electrons. The van der Waals surface area contributed by atoms with Gasteiger partial charge < -0.3 is 51.0 Å². The van der Waals surface area contributed by atoms with Crippen molar-refractivity contribution in [2.24, 2.45) is 11.8 Å². The Kier molecular flexibility index (Phi) is 17.9. The second-order valence-corrected chi connectivity index (χ2v) is 14.5. The van der Waals surface area contributed by atoms with Crippen molar-refractivity contribution in [3.8, 4) is 0 Å². The fourth-order valence-electron chi connectivity index (χ4n) is 7.32. The van der Waals surface area contributed by atoms with Crippen LogP contribution in [0.25, 0.3) is 0 Å². The molecule has 0 aromatic carbocycles. The second kappa shape index (κ2) is 21.6. The minimum absolute atomic E-state index is 0.0130. The third kappa shape index (κ3) is 14.6. The Morgan fingerprint density at radius 2 is 1.28 bits per heavy atom. The lowest BCUT2D eigenvalue weighted by Gasteiger charge is -2.57. The molecule has 2 aliphatic heterocycles. The molecule has 6 unspecified atom stereocenters. The van der Waals surface area contributed by atoms with Crippen molar-refractivity contribution in [2.45, 2.75) is 70.2 Å². The Bertz CT molecular complexity index is 1260. The third-order valence-corrected chi connectivity index (χ3v) is 10.2. The maximum Gasteiger partial charge on any atom is 0.317 e. The zero-order valence-electron chi connectivity index (χ0n) is 31.5. The average molecular weight is 774 g/mol. The van der Waals surface area contributed by atoms with Gasteiger partial charge in [-0.2, -0.15) is 0 Å². The molecule has 0 bridgehead atoms. The van der Waals surface area contributed by atoms with Gasteiger partial charge in [0.1, 0.15) is 12.1 Å². The smallest absolute Gasteiger partial charge is 0.317 e. The molecule has 2 heterocycles. The molecule has 0 aromatic rings. The molecule has 308 valence electrons. The fraction of sp³-hybridized carbons (Fsp3) is 0.824. The van der Waals surface area contributed by atoms with Gasteiger partial charge in [-0.05, 0) is 26.2 Å². The van der Waals surface area contributed by atoms with Gasteiger partial charge >= 0.3 is 17.9 Å². The number of hydrogen-bond acceptors (Lipinski definition) is 14. The molecule has 54 heavy (non-hydrogen) atoms. The first kappa shape index (κ1) is 44.9. The number of aliphatic hydroxyl groups excluding tert-OH is 1. The number of amides is 3. The molecular weight excluding hydrogens is 714 g/mol. The van der Waals surface area contributed by atoms with E-state index in [2.05, 4.69) is 16.0 Å². The fourth-order valence-corrected chi connectivity index (χ4v) is 7.32. The molecule has 0 spiro atoms. The molecule has 1 aliphatic carbocycles. The summed E-state index contributed by atoms with van der Waals surface area (Å²) >= 11 is 0. The Hall–Kier alpha value is -3.50. The number of carboxylic acids is 3. The van der Waals surface area contributed by atoms with E-state index >= 15 is 0 Å². The van der Waals surface area contributed by atoms with Gasteiger partial charge in [0.05, 0.1) is 44.5 Å². The van der Waals surface area contributed by atoms with Crippen molar-refractivity contribution in [3.63, 3.8) is 0 Å². The van der Waals surface area contributed by atoms with Crippen LogP contribution in [0.2, 0.25) is 0 Å². The van der Waals surface area contributed by atoms with Crippen LogP contribution < -0.4 is 16.0 Å². The van der Waals surface area contributed by atoms with Crippen LogP contribution in [-0.2, 0) is 38.2 Å². The highest BCUT2D eigenvalue weighted by molar-refractivity contribution is 5.89. The predicted octanol–water partition coefficient (Wildman–Crippen LogP) is -3.51. The lowest BCUT2D eigenvalue weighted by atomic mass is 9.60. The number of rotatable bonds is 18. The minimum Gasteiger partial charge on any atom is -0.480 e. The van der Waals surface area contributed by atoms with Gasteiger partial charge in [-0.1, -0.05) is 6.92 Å². The van der Waals surface area contributed by atoms with Gasteiger partial charge in [0, 0.05) is 84.2 Å². The Morgan fingerprint density at radius 3 is 1.72 bits per heavy atom. The molecule has 3 amide bonds. The maximum atomic E-state index is 13.3. The summed E-state index contributed by atoms with van der Waals surface area (Å²) in [6.45, 7) is 6.44. The number of aliphatic hydroxyl groups is 2. The first-order valence-electron chi connectivity index (χ1n) is 18.5. The quantitative estimate of drug-likeness (QED) is 0.0628. The number of ether oxygens (including phenoxy) is 2. The molecule has 1 saturated carbocycles. The van der Waals surface area contributed by atoms with Crippen LogP contribution in [0.4, 0.5) is 0 Å². The number of nitrogens with zero attached hydrogens (tertiary/aromatic N) is 4. The number of likely N-dealkylation sites (N-methyl/N-ethyl adjacent to an activating group) is 1. The van der Waals surface area contributed by atoms with Crippen LogP contribution in [0.3, 0.4) is 0 Å². The normalized spacial score (nSPS) is 28.3. The van der Waals surface area contributed by atoms with Crippen molar-refractivity contribution in [2.75, 3.05) is 98.2 Å². The van der Waals surface area contributed by atoms with Crippen LogP contribution in [-0.4, -0.2) is 209 Å². The van der Waals surface area contributed by atoms with E-state index in [0.29, 0.717) is 6.42 Å². The first-order valence-corrected chi connectivity index (χ1v) is 18.5. The predicted molar refractivity (Wildman–Crippen MR) is 190 cm³/mol. The van der Waals surface area contributed by atoms with Crippen molar-refractivity contribution in [3.05, 3.63) is 0 Å². The molecule has 20 heteroatoms. The van der Waals surface area contributed by atoms with E-state index in [-0.39, 0.29) is 129 Å². The van der Waals surface area contributed by atoms with Crippen LogP contribution in [0.15, 0.2) is 0 Å². The standard InChI is InChI=1S/C34H59N7O13/c1-4-35-32(51)23(5-6-25(42)36-7-16-53-33-31(50)22(2)30-24(54-33)17-34(30,3)52)37-26(43)18-38-8-10-39(19-27(44)45)12-14-41(21-29(48)49)15-13-40(11-9-38)20-28(46)47/h22-24,30-31,33,50,52H,4-21H2,1-3H3,(H,35,51)(H,36,42)(H,37,43)(H,44,45)(H,46,47)(H,48,49)/t22?,23-,24?,30?,31?,33?,34?/m1/s1. The highest BCUT2D eigenvalue weighted by Gasteiger charge is 2.59. The topological polar surface area (TPSA) is 271 Å². The monoisotopic (exact) mass is 773 g/mol. The number of fused-ring (bicyclic) bond motifs is 1. The van der Waals surface area contributed by atoms with Crippen LogP contribution in [0.5, 0.6) is 0 Å². The number of hydrogen-bond donors (Lipinski definition) is 8. The zero-order chi connectivity index (χ0) is 40.0. The summed E-state index contributed by atoms with van der Waals surface area (Å²) in [5, 5.41) is 57.3. The van der Waals surface area contributed by atoms with E-state index in [1.807, 2.05) is 6.92 Å². The van der Waals surface area contributed by atoms with Gasteiger partial charge in [-0.25, -0.2) is 0 Å². The molecule has 3 fully saturated rings. The molecular formula is C34H59N7O13. The Balaban J connectivity index is 1.54. The summed E-state index contributed by atoms with van der Waals surface area (Å²) < 4.78 is 11.5. The van der Waals surface area contributed by atoms with Crippen molar-refractivity contribution >= 4 is 35.6 Å². The summed E-state index contributed by atoms with van der Waals surface area (Å²) in [6.07, 6.45) is -1.72. The average Bonchev–Trinajstić information content (AvgIpc) is 3.07. The first-order chi connectivity index (χ1) is 25.5. The molecule has 3 aliphatic rings. The van der Waals surface area contributed by atoms with Crippen molar-refractivity contribution < 1.29 is 63.8 Å².